The fourth-order valence-corrected chi connectivity index (χ4v) is 5.18. The summed E-state index contributed by atoms with van der Waals surface area (Å²) < 4.78 is 25.3. The molecule has 0 saturated heterocycles. The summed E-state index contributed by atoms with van der Waals surface area (Å²) in [5.74, 6) is 0.254. The minimum absolute atomic E-state index is 0.0339. The fraction of sp³-hybridized carbons (Fsp3) is 0.333. The molecule has 0 radical (unpaired) electrons. The Hall–Kier alpha value is -2.01. The van der Waals surface area contributed by atoms with Gasteiger partial charge in [0.15, 0.2) is 9.84 Å². The first-order valence-electron chi connectivity index (χ1n) is 7.79. The highest BCUT2D eigenvalue weighted by atomic mass is 32.2. The van der Waals surface area contributed by atoms with E-state index in [0.717, 1.165) is 18.4 Å². The van der Waals surface area contributed by atoms with Crippen molar-refractivity contribution < 1.29 is 18.6 Å². The molecule has 122 valence electrons. The molecular weight excluding hydrogens is 312 g/mol. The van der Waals surface area contributed by atoms with E-state index in [9.17, 15) is 18.6 Å². The topological polar surface area (TPSA) is 74.6 Å². The Morgan fingerprint density at radius 3 is 2.13 bits per heavy atom. The minimum Gasteiger partial charge on any atom is -0.508 e. The van der Waals surface area contributed by atoms with E-state index >= 15 is 0 Å². The molecule has 1 aliphatic carbocycles. The van der Waals surface area contributed by atoms with Crippen LogP contribution in [0.4, 0.5) is 0 Å². The van der Waals surface area contributed by atoms with Crippen LogP contribution in [0.2, 0.25) is 0 Å². The van der Waals surface area contributed by atoms with Crippen LogP contribution < -0.4 is 0 Å². The van der Waals surface area contributed by atoms with Crippen molar-refractivity contribution in [1.82, 2.24) is 0 Å². The van der Waals surface area contributed by atoms with Crippen LogP contribution in [0.3, 0.4) is 0 Å². The van der Waals surface area contributed by atoms with E-state index in [-0.39, 0.29) is 22.7 Å². The van der Waals surface area contributed by atoms with Crippen molar-refractivity contribution in [2.45, 2.75) is 41.7 Å². The summed E-state index contributed by atoms with van der Waals surface area (Å²) in [5, 5.41) is 19.0. The average Bonchev–Trinajstić information content (AvgIpc) is 2.56. The van der Waals surface area contributed by atoms with Crippen LogP contribution in [0.25, 0.3) is 0 Å². The van der Waals surface area contributed by atoms with Crippen LogP contribution in [-0.4, -0.2) is 23.9 Å². The number of rotatable bonds is 3. The van der Waals surface area contributed by atoms with Crippen LogP contribution in [-0.2, 0) is 9.84 Å². The van der Waals surface area contributed by atoms with Crippen LogP contribution >= 0.6 is 0 Å². The monoisotopic (exact) mass is 332 g/mol. The maximum absolute atomic E-state index is 12.7. The summed E-state index contributed by atoms with van der Waals surface area (Å²) in [5.41, 5.74) is 0.790. The Morgan fingerprint density at radius 1 is 0.870 bits per heavy atom. The van der Waals surface area contributed by atoms with E-state index in [1.807, 2.05) is 6.07 Å². The molecule has 23 heavy (non-hydrogen) atoms. The molecule has 5 heteroatoms. The molecule has 0 aliphatic heterocycles. The Morgan fingerprint density at radius 2 is 1.52 bits per heavy atom. The number of hydrogen-bond donors (Lipinski definition) is 2. The zero-order valence-electron chi connectivity index (χ0n) is 12.7. The van der Waals surface area contributed by atoms with Crippen molar-refractivity contribution in [1.29, 1.82) is 0 Å². The lowest BCUT2D eigenvalue weighted by Gasteiger charge is -2.29. The van der Waals surface area contributed by atoms with Gasteiger partial charge in [-0.15, -0.1) is 0 Å². The lowest BCUT2D eigenvalue weighted by Crippen LogP contribution is -2.26. The molecule has 0 spiro atoms. The fourth-order valence-electron chi connectivity index (χ4n) is 3.36. The van der Waals surface area contributed by atoms with Crippen molar-refractivity contribution in [3.05, 3.63) is 54.1 Å². The minimum atomic E-state index is -3.29. The van der Waals surface area contributed by atoms with Gasteiger partial charge in [-0.1, -0.05) is 24.3 Å². The zero-order valence-corrected chi connectivity index (χ0v) is 13.5. The highest BCUT2D eigenvalue weighted by Crippen LogP contribution is 2.40. The largest absolute Gasteiger partial charge is 0.508 e. The highest BCUT2D eigenvalue weighted by Gasteiger charge is 2.33. The van der Waals surface area contributed by atoms with Crippen molar-refractivity contribution in [2.75, 3.05) is 0 Å². The van der Waals surface area contributed by atoms with Crippen molar-refractivity contribution in [2.24, 2.45) is 0 Å². The summed E-state index contributed by atoms with van der Waals surface area (Å²) in [4.78, 5) is 0.385. The normalized spacial score (nSPS) is 21.9. The molecule has 1 saturated carbocycles. The molecule has 0 heterocycles. The molecule has 2 aromatic carbocycles. The van der Waals surface area contributed by atoms with E-state index in [0.29, 0.717) is 17.7 Å². The SMILES string of the molecule is O=S(=O)(c1ccccc1)[C@H]1CC[C@H](c2ccc(O)cc2O)CC1. The van der Waals surface area contributed by atoms with Gasteiger partial charge in [0.2, 0.25) is 0 Å². The molecule has 3 rings (SSSR count). The number of phenols is 2. The second-order valence-electron chi connectivity index (χ2n) is 6.07. The molecular formula is C18H20O4S. The van der Waals surface area contributed by atoms with Gasteiger partial charge in [0.25, 0.3) is 0 Å². The van der Waals surface area contributed by atoms with Gasteiger partial charge in [-0.3, -0.25) is 0 Å². The second kappa shape index (κ2) is 6.24. The second-order valence-corrected chi connectivity index (χ2v) is 8.30. The maximum atomic E-state index is 12.7. The quantitative estimate of drug-likeness (QED) is 0.900. The predicted octanol–water partition coefficient (Wildman–Crippen LogP) is 3.60. The van der Waals surface area contributed by atoms with Crippen molar-refractivity contribution >= 4 is 9.84 Å². The number of phenolic OH excluding ortho intramolecular Hbond substituents is 2. The molecule has 0 amide bonds. The Kier molecular flexibility index (Phi) is 4.31. The van der Waals surface area contributed by atoms with E-state index in [4.69, 9.17) is 0 Å². The number of sulfone groups is 1. The van der Waals surface area contributed by atoms with Gasteiger partial charge in [-0.05, 0) is 55.4 Å². The highest BCUT2D eigenvalue weighted by molar-refractivity contribution is 7.92. The molecule has 0 atom stereocenters. The molecule has 0 bridgehead atoms. The van der Waals surface area contributed by atoms with Crippen LogP contribution in [0.5, 0.6) is 11.5 Å². The molecule has 1 aliphatic rings. The van der Waals surface area contributed by atoms with Gasteiger partial charge in [0.1, 0.15) is 11.5 Å². The van der Waals surface area contributed by atoms with E-state index in [1.165, 1.54) is 6.07 Å². The van der Waals surface area contributed by atoms with Gasteiger partial charge >= 0.3 is 0 Å². The molecule has 4 nitrogen and oxygen atoms in total. The van der Waals surface area contributed by atoms with E-state index in [1.54, 1.807) is 36.4 Å². The first kappa shape index (κ1) is 15.9. The number of aromatic hydroxyl groups is 2. The Balaban J connectivity index is 1.74. The molecule has 2 aromatic rings. The first-order chi connectivity index (χ1) is 11.0. The van der Waals surface area contributed by atoms with Crippen LogP contribution in [0.1, 0.15) is 37.2 Å². The third kappa shape index (κ3) is 3.20. The first-order valence-corrected chi connectivity index (χ1v) is 9.34. The van der Waals surface area contributed by atoms with Gasteiger partial charge in [-0.2, -0.15) is 0 Å². The third-order valence-electron chi connectivity index (χ3n) is 4.64. The van der Waals surface area contributed by atoms with E-state index < -0.39 is 9.84 Å². The molecule has 0 unspecified atom stereocenters. The van der Waals surface area contributed by atoms with E-state index in [2.05, 4.69) is 0 Å². The maximum Gasteiger partial charge on any atom is 0.181 e. The van der Waals surface area contributed by atoms with Gasteiger partial charge in [-0.25, -0.2) is 8.42 Å². The summed E-state index contributed by atoms with van der Waals surface area (Å²) in [6.07, 6.45) is 2.61. The summed E-state index contributed by atoms with van der Waals surface area (Å²) in [6, 6.07) is 13.2. The standard InChI is InChI=1S/C18H20O4S/c19-14-8-11-17(18(20)12-14)13-6-9-16(10-7-13)23(21,22)15-4-2-1-3-5-15/h1-5,8,11-13,16,19-20H,6-7,9-10H2/t13-,16-. The Labute approximate surface area is 136 Å². The molecule has 2 N–H and O–H groups in total. The Bertz CT molecular complexity index is 776. The van der Waals surface area contributed by atoms with Crippen molar-refractivity contribution in [3.63, 3.8) is 0 Å². The summed E-state index contributed by atoms with van der Waals surface area (Å²) in [7, 11) is -3.29. The summed E-state index contributed by atoms with van der Waals surface area (Å²) in [6.45, 7) is 0. The molecule has 1 fully saturated rings. The lowest BCUT2D eigenvalue weighted by molar-refractivity contribution is 0.406. The smallest absolute Gasteiger partial charge is 0.181 e. The number of hydrogen-bond acceptors (Lipinski definition) is 4. The van der Waals surface area contributed by atoms with Crippen LogP contribution in [0.15, 0.2) is 53.4 Å². The van der Waals surface area contributed by atoms with Crippen LogP contribution in [0, 0.1) is 0 Å². The predicted molar refractivity (Wildman–Crippen MR) is 88.4 cm³/mol. The van der Waals surface area contributed by atoms with Crippen molar-refractivity contribution in [3.8, 4) is 11.5 Å². The summed E-state index contributed by atoms with van der Waals surface area (Å²) >= 11 is 0. The van der Waals surface area contributed by atoms with Gasteiger partial charge in [0.05, 0.1) is 10.1 Å². The third-order valence-corrected chi connectivity index (χ3v) is 6.92. The zero-order chi connectivity index (χ0) is 16.4. The number of benzene rings is 2. The molecule has 0 aromatic heterocycles. The lowest BCUT2D eigenvalue weighted by atomic mass is 9.83. The van der Waals surface area contributed by atoms with Gasteiger partial charge in [0, 0.05) is 6.07 Å². The van der Waals surface area contributed by atoms with Gasteiger partial charge < -0.3 is 10.2 Å². The average molecular weight is 332 g/mol.